The Morgan fingerprint density at radius 2 is 2.04 bits per heavy atom. The van der Waals surface area contributed by atoms with Crippen LogP contribution in [0.15, 0.2) is 41.3 Å². The molecule has 10 heteroatoms. The van der Waals surface area contributed by atoms with Crippen LogP contribution >= 0.6 is 0 Å². The number of piperazine rings is 1. The zero-order chi connectivity index (χ0) is 30.9. The molecule has 4 saturated heterocycles. The lowest BCUT2D eigenvalue weighted by atomic mass is 9.87. The highest BCUT2D eigenvalue weighted by molar-refractivity contribution is 5.98. The summed E-state index contributed by atoms with van der Waals surface area (Å²) in [6.45, 7) is 2.66. The van der Waals surface area contributed by atoms with Crippen LogP contribution in [0.4, 0.5) is 14.6 Å². The first-order valence-electron chi connectivity index (χ1n) is 16.6. The Kier molecular flexibility index (Phi) is 5.59. The third kappa shape index (κ3) is 3.64. The molecule has 1 saturated carbocycles. The Balaban J connectivity index is 1.19. The Morgan fingerprint density at radius 1 is 1.13 bits per heavy atom. The van der Waals surface area contributed by atoms with Crippen LogP contribution in [0.5, 0.6) is 5.75 Å². The minimum Gasteiger partial charge on any atom is -0.489 e. The molecule has 7 atom stereocenters. The number of pyridine rings is 1. The summed E-state index contributed by atoms with van der Waals surface area (Å²) in [7, 11) is 0. The SMILES string of the molecule is C#Cc1c(F)ccc2cccc(-n3cc4c5c(nc(C6CC6[C@@]67CCCN6C[C@H](F)C7)nc5c3=O)N3CC5CCC(N5)C3CO4)c12. The van der Waals surface area contributed by atoms with Crippen molar-refractivity contribution in [2.75, 3.05) is 31.1 Å². The van der Waals surface area contributed by atoms with Crippen molar-refractivity contribution in [3.63, 3.8) is 0 Å². The van der Waals surface area contributed by atoms with E-state index in [2.05, 4.69) is 21.0 Å². The van der Waals surface area contributed by atoms with Crippen molar-refractivity contribution in [2.24, 2.45) is 5.92 Å². The molecule has 6 aliphatic rings. The number of hydrogen-bond donors (Lipinski definition) is 1. The standard InChI is InChI=1S/C36H34F2N6O2/c1-2-22-25(38)9-7-19-5-3-6-27(30(19)22)44-17-29-31-32(35(44)45)40-33(23-13-24(23)36-11-4-12-42(36)15-20(37)14-36)41-34(31)43-16-21-8-10-26(39-21)28(43)18-46-29/h1,3,5-7,9,17,20-21,23-24,26,28,39H,4,8,10-16,18H2/t20-,21?,23?,24?,26?,28?,36+/m1/s1. The lowest BCUT2D eigenvalue weighted by Gasteiger charge is -2.40. The number of benzene rings is 2. The van der Waals surface area contributed by atoms with E-state index in [-0.39, 0.29) is 40.6 Å². The molecule has 2 bridgehead atoms. The molecule has 1 N–H and O–H groups in total. The van der Waals surface area contributed by atoms with Crippen LogP contribution in [0.25, 0.3) is 27.4 Å². The number of ether oxygens (including phenoxy) is 1. The van der Waals surface area contributed by atoms with Crippen molar-refractivity contribution < 1.29 is 13.5 Å². The Morgan fingerprint density at radius 3 is 2.93 bits per heavy atom. The van der Waals surface area contributed by atoms with E-state index in [4.69, 9.17) is 21.1 Å². The molecule has 7 heterocycles. The zero-order valence-electron chi connectivity index (χ0n) is 25.4. The zero-order valence-corrected chi connectivity index (χ0v) is 25.4. The summed E-state index contributed by atoms with van der Waals surface area (Å²) in [6, 6.07) is 9.19. The van der Waals surface area contributed by atoms with Crippen molar-refractivity contribution in [3.8, 4) is 23.8 Å². The lowest BCUT2D eigenvalue weighted by molar-refractivity contribution is 0.163. The number of nitrogens with zero attached hydrogens (tertiary/aromatic N) is 5. The molecule has 1 aliphatic carbocycles. The van der Waals surface area contributed by atoms with Gasteiger partial charge < -0.3 is 15.0 Å². The second kappa shape index (κ2) is 9.49. The van der Waals surface area contributed by atoms with Gasteiger partial charge in [0.05, 0.1) is 28.9 Å². The van der Waals surface area contributed by atoms with Crippen LogP contribution in [0, 0.1) is 24.1 Å². The van der Waals surface area contributed by atoms with E-state index in [1.807, 2.05) is 12.1 Å². The van der Waals surface area contributed by atoms with Crippen molar-refractivity contribution in [1.29, 1.82) is 0 Å². The third-order valence-corrected chi connectivity index (χ3v) is 11.9. The van der Waals surface area contributed by atoms with Gasteiger partial charge in [-0.1, -0.05) is 24.1 Å². The fourth-order valence-electron chi connectivity index (χ4n) is 9.85. The van der Waals surface area contributed by atoms with Gasteiger partial charge in [-0.2, -0.15) is 0 Å². The van der Waals surface area contributed by atoms with Gasteiger partial charge in [0.25, 0.3) is 5.56 Å². The topological polar surface area (TPSA) is 75.5 Å². The smallest absolute Gasteiger partial charge is 0.282 e. The van der Waals surface area contributed by atoms with E-state index in [9.17, 15) is 13.6 Å². The number of anilines is 1. The summed E-state index contributed by atoms with van der Waals surface area (Å²) < 4.78 is 37.8. The Bertz CT molecular complexity index is 2080. The molecule has 0 radical (unpaired) electrons. The summed E-state index contributed by atoms with van der Waals surface area (Å²) in [6.07, 6.45) is 12.4. The summed E-state index contributed by atoms with van der Waals surface area (Å²) in [5, 5.41) is 5.61. The van der Waals surface area contributed by atoms with Gasteiger partial charge in [0, 0.05) is 42.0 Å². The van der Waals surface area contributed by atoms with Gasteiger partial charge in [-0.25, -0.2) is 18.7 Å². The van der Waals surface area contributed by atoms with Crippen molar-refractivity contribution in [2.45, 2.75) is 74.3 Å². The molecule has 5 unspecified atom stereocenters. The molecule has 4 aromatic rings. The second-order valence-corrected chi connectivity index (χ2v) is 14.2. The highest BCUT2D eigenvalue weighted by Crippen LogP contribution is 2.61. The van der Waals surface area contributed by atoms with Gasteiger partial charge in [-0.05, 0) is 68.5 Å². The van der Waals surface area contributed by atoms with Gasteiger partial charge in [0.2, 0.25) is 0 Å². The molecular formula is C36H34F2N6O2. The van der Waals surface area contributed by atoms with Gasteiger partial charge in [-0.3, -0.25) is 14.3 Å². The summed E-state index contributed by atoms with van der Waals surface area (Å²) in [5.74, 6) is 4.27. The summed E-state index contributed by atoms with van der Waals surface area (Å²) in [5.41, 5.74) is 0.411. The Labute approximate surface area is 264 Å². The van der Waals surface area contributed by atoms with E-state index >= 15 is 0 Å². The number of halogens is 2. The molecule has 0 amide bonds. The monoisotopic (exact) mass is 620 g/mol. The van der Waals surface area contributed by atoms with Crippen molar-refractivity contribution in [1.82, 2.24) is 24.8 Å². The first-order chi connectivity index (χ1) is 22.4. The normalized spacial score (nSPS) is 32.7. The van der Waals surface area contributed by atoms with Crippen LogP contribution in [-0.2, 0) is 0 Å². The average Bonchev–Trinajstić information content (AvgIpc) is 3.55. The minimum absolute atomic E-state index is 0.0568. The van der Waals surface area contributed by atoms with Gasteiger partial charge in [0.15, 0.2) is 0 Å². The van der Waals surface area contributed by atoms with E-state index in [0.29, 0.717) is 59.2 Å². The average molecular weight is 621 g/mol. The predicted molar refractivity (Wildman–Crippen MR) is 171 cm³/mol. The summed E-state index contributed by atoms with van der Waals surface area (Å²) in [4.78, 5) is 29.7. The highest BCUT2D eigenvalue weighted by Gasteiger charge is 2.62. The minimum atomic E-state index is -0.800. The quantitative estimate of drug-likeness (QED) is 0.340. The largest absolute Gasteiger partial charge is 0.489 e. The lowest BCUT2D eigenvalue weighted by Crippen LogP contribution is -2.60. The first-order valence-corrected chi connectivity index (χ1v) is 16.6. The molecule has 234 valence electrons. The van der Waals surface area contributed by atoms with Crippen LogP contribution in [0.1, 0.15) is 55.8 Å². The number of aromatic nitrogens is 3. The maximum atomic E-state index is 15.0. The molecule has 10 rings (SSSR count). The van der Waals surface area contributed by atoms with E-state index < -0.39 is 12.0 Å². The highest BCUT2D eigenvalue weighted by atomic mass is 19.1. The van der Waals surface area contributed by atoms with E-state index in [1.54, 1.807) is 18.3 Å². The van der Waals surface area contributed by atoms with Gasteiger partial charge in [-0.15, -0.1) is 6.42 Å². The number of nitrogens with one attached hydrogen (secondary N) is 1. The molecule has 5 fully saturated rings. The molecule has 46 heavy (non-hydrogen) atoms. The van der Waals surface area contributed by atoms with Crippen LogP contribution in [0.2, 0.25) is 0 Å². The van der Waals surface area contributed by atoms with Crippen molar-refractivity contribution >= 4 is 27.5 Å². The number of terminal acetylenes is 1. The predicted octanol–water partition coefficient (Wildman–Crippen LogP) is 4.44. The molecule has 5 aliphatic heterocycles. The maximum Gasteiger partial charge on any atom is 0.282 e. The Hall–Kier alpha value is -4.07. The maximum absolute atomic E-state index is 15.0. The van der Waals surface area contributed by atoms with E-state index in [1.165, 1.54) is 10.6 Å². The van der Waals surface area contributed by atoms with Crippen LogP contribution in [0.3, 0.4) is 0 Å². The number of fused-ring (bicyclic) bond motifs is 7. The number of alkyl halides is 1. The summed E-state index contributed by atoms with van der Waals surface area (Å²) >= 11 is 0. The van der Waals surface area contributed by atoms with Crippen molar-refractivity contribution in [3.05, 3.63) is 64.1 Å². The van der Waals surface area contributed by atoms with Crippen LogP contribution in [-0.4, -0.2) is 75.5 Å². The van der Waals surface area contributed by atoms with Crippen LogP contribution < -0.4 is 20.5 Å². The molecule has 0 spiro atoms. The van der Waals surface area contributed by atoms with Gasteiger partial charge >= 0.3 is 0 Å². The fraction of sp³-hybridized carbons (Fsp3) is 0.472. The fourth-order valence-corrected chi connectivity index (χ4v) is 9.85. The molecular weight excluding hydrogens is 586 g/mol. The number of rotatable bonds is 3. The van der Waals surface area contributed by atoms with E-state index in [0.717, 1.165) is 56.4 Å². The van der Waals surface area contributed by atoms with Gasteiger partial charge in [0.1, 0.15) is 41.5 Å². The molecule has 2 aromatic carbocycles. The third-order valence-electron chi connectivity index (χ3n) is 11.9. The number of hydrogen-bond acceptors (Lipinski definition) is 7. The first kappa shape index (κ1) is 27.1. The second-order valence-electron chi connectivity index (χ2n) is 14.2. The molecule has 8 nitrogen and oxygen atoms in total. The molecule has 2 aromatic heterocycles.